The van der Waals surface area contributed by atoms with E-state index in [0.717, 1.165) is 0 Å². The van der Waals surface area contributed by atoms with Crippen LogP contribution in [-0.2, 0) is 6.18 Å². The SMILES string of the molecule is O=C(O)c1cn[c]nc1C(F)(F)F. The zero-order valence-electron chi connectivity index (χ0n) is 5.96. The lowest BCUT2D eigenvalue weighted by molar-refractivity contribution is -0.141. The first-order valence-electron chi connectivity index (χ1n) is 2.96. The molecule has 0 aromatic carbocycles. The zero-order chi connectivity index (χ0) is 10.1. The highest BCUT2D eigenvalue weighted by molar-refractivity contribution is 5.88. The maximum Gasteiger partial charge on any atom is 0.434 e. The molecule has 1 rings (SSSR count). The number of carbonyl (C=O) groups is 1. The summed E-state index contributed by atoms with van der Waals surface area (Å²) in [4.78, 5) is 16.1. The van der Waals surface area contributed by atoms with Gasteiger partial charge in [0.1, 0.15) is 5.56 Å². The maximum absolute atomic E-state index is 12.0. The van der Waals surface area contributed by atoms with Crippen molar-refractivity contribution < 1.29 is 23.1 Å². The largest absolute Gasteiger partial charge is 0.478 e. The molecule has 0 aliphatic heterocycles. The van der Waals surface area contributed by atoms with Gasteiger partial charge in [0.05, 0.1) is 0 Å². The van der Waals surface area contributed by atoms with Crippen LogP contribution in [0.15, 0.2) is 6.20 Å². The van der Waals surface area contributed by atoms with Gasteiger partial charge in [0.25, 0.3) is 0 Å². The van der Waals surface area contributed by atoms with Crippen molar-refractivity contribution in [1.82, 2.24) is 9.97 Å². The molecule has 13 heavy (non-hydrogen) atoms. The molecular formula is C6H2F3N2O2. The van der Waals surface area contributed by atoms with Crippen molar-refractivity contribution in [2.45, 2.75) is 6.18 Å². The van der Waals surface area contributed by atoms with Gasteiger partial charge in [0.15, 0.2) is 12.0 Å². The van der Waals surface area contributed by atoms with Gasteiger partial charge < -0.3 is 5.11 Å². The summed E-state index contributed by atoms with van der Waals surface area (Å²) in [5.74, 6) is -1.72. The van der Waals surface area contributed by atoms with E-state index in [0.29, 0.717) is 6.20 Å². The third-order valence-corrected chi connectivity index (χ3v) is 1.17. The van der Waals surface area contributed by atoms with Crippen molar-refractivity contribution in [3.8, 4) is 0 Å². The van der Waals surface area contributed by atoms with E-state index in [2.05, 4.69) is 9.97 Å². The van der Waals surface area contributed by atoms with Gasteiger partial charge in [-0.3, -0.25) is 0 Å². The highest BCUT2D eigenvalue weighted by Crippen LogP contribution is 2.29. The molecule has 0 bridgehead atoms. The summed E-state index contributed by atoms with van der Waals surface area (Å²) in [6.07, 6.45) is -2.57. The van der Waals surface area contributed by atoms with E-state index in [9.17, 15) is 18.0 Å². The number of carboxylic acid groups (broad SMARTS) is 1. The standard InChI is InChI=1S/C6H2F3N2O2/c7-6(8,9)4-3(5(12)13)1-10-2-11-4/h1H,(H,12,13). The number of aromatic nitrogens is 2. The van der Waals surface area contributed by atoms with Crippen LogP contribution in [0.3, 0.4) is 0 Å². The molecule has 1 aromatic rings. The fourth-order valence-corrected chi connectivity index (χ4v) is 0.666. The second kappa shape index (κ2) is 3.00. The molecule has 0 unspecified atom stereocenters. The molecule has 1 radical (unpaired) electrons. The summed E-state index contributed by atoms with van der Waals surface area (Å²) >= 11 is 0. The van der Waals surface area contributed by atoms with E-state index in [1.807, 2.05) is 0 Å². The Hall–Kier alpha value is -1.66. The van der Waals surface area contributed by atoms with Crippen LogP contribution >= 0.6 is 0 Å². The average molecular weight is 191 g/mol. The van der Waals surface area contributed by atoms with Crippen LogP contribution in [0.5, 0.6) is 0 Å². The van der Waals surface area contributed by atoms with Gasteiger partial charge in [-0.15, -0.1) is 0 Å². The number of hydrogen-bond donors (Lipinski definition) is 1. The molecule has 0 aliphatic rings. The molecule has 1 N–H and O–H groups in total. The fourth-order valence-electron chi connectivity index (χ4n) is 0.666. The Bertz CT molecular complexity index is 337. The van der Waals surface area contributed by atoms with Crippen molar-refractivity contribution in [1.29, 1.82) is 0 Å². The first-order valence-corrected chi connectivity index (χ1v) is 2.96. The van der Waals surface area contributed by atoms with Gasteiger partial charge >= 0.3 is 12.1 Å². The normalized spacial score (nSPS) is 11.3. The van der Waals surface area contributed by atoms with E-state index < -0.39 is 23.4 Å². The third-order valence-electron chi connectivity index (χ3n) is 1.17. The average Bonchev–Trinajstić information content (AvgIpc) is 2.03. The van der Waals surface area contributed by atoms with Crippen molar-refractivity contribution in [3.05, 3.63) is 23.8 Å². The Morgan fingerprint density at radius 2 is 2.15 bits per heavy atom. The van der Waals surface area contributed by atoms with E-state index >= 15 is 0 Å². The molecule has 69 valence electrons. The highest BCUT2D eigenvalue weighted by atomic mass is 19.4. The van der Waals surface area contributed by atoms with Gasteiger partial charge in [-0.25, -0.2) is 14.8 Å². The Morgan fingerprint density at radius 1 is 1.54 bits per heavy atom. The molecule has 0 saturated heterocycles. The van der Waals surface area contributed by atoms with Gasteiger partial charge in [0.2, 0.25) is 0 Å². The van der Waals surface area contributed by atoms with Crippen molar-refractivity contribution in [2.75, 3.05) is 0 Å². The maximum atomic E-state index is 12.0. The smallest absolute Gasteiger partial charge is 0.434 e. The van der Waals surface area contributed by atoms with E-state index in [1.54, 1.807) is 6.33 Å². The second-order valence-electron chi connectivity index (χ2n) is 2.04. The Morgan fingerprint density at radius 3 is 2.54 bits per heavy atom. The Labute approximate surface area is 70.1 Å². The Balaban J connectivity index is 3.28. The van der Waals surface area contributed by atoms with Crippen LogP contribution in [0.2, 0.25) is 0 Å². The molecule has 0 aliphatic carbocycles. The van der Waals surface area contributed by atoms with Gasteiger partial charge in [-0.1, -0.05) is 0 Å². The molecule has 0 spiro atoms. The van der Waals surface area contributed by atoms with E-state index in [-0.39, 0.29) is 0 Å². The highest BCUT2D eigenvalue weighted by Gasteiger charge is 2.37. The number of alkyl halides is 3. The topological polar surface area (TPSA) is 63.1 Å². The predicted molar refractivity (Wildman–Crippen MR) is 32.8 cm³/mol. The molecule has 1 aromatic heterocycles. The first kappa shape index (κ1) is 9.43. The fraction of sp³-hybridized carbons (Fsp3) is 0.167. The van der Waals surface area contributed by atoms with E-state index in [1.165, 1.54) is 0 Å². The molecule has 0 amide bonds. The van der Waals surface area contributed by atoms with Crippen LogP contribution in [-0.4, -0.2) is 21.0 Å². The quantitative estimate of drug-likeness (QED) is 0.718. The predicted octanol–water partition coefficient (Wildman–Crippen LogP) is 0.994. The molecule has 7 heteroatoms. The molecule has 1 heterocycles. The minimum absolute atomic E-state index is 0.554. The third kappa shape index (κ3) is 1.92. The number of carboxylic acids is 1. The molecule has 0 fully saturated rings. The Kier molecular flexibility index (Phi) is 2.18. The van der Waals surface area contributed by atoms with Crippen LogP contribution < -0.4 is 0 Å². The van der Waals surface area contributed by atoms with Crippen LogP contribution in [0, 0.1) is 6.33 Å². The van der Waals surface area contributed by atoms with Crippen LogP contribution in [0.4, 0.5) is 13.2 Å². The number of hydrogen-bond acceptors (Lipinski definition) is 3. The molecule has 4 nitrogen and oxygen atoms in total. The number of nitrogens with zero attached hydrogens (tertiary/aromatic N) is 2. The number of rotatable bonds is 1. The van der Waals surface area contributed by atoms with Crippen molar-refractivity contribution >= 4 is 5.97 Å². The summed E-state index contributed by atoms with van der Waals surface area (Å²) < 4.78 is 36.1. The molecule has 0 atom stereocenters. The van der Waals surface area contributed by atoms with E-state index in [4.69, 9.17) is 5.11 Å². The second-order valence-corrected chi connectivity index (χ2v) is 2.04. The zero-order valence-corrected chi connectivity index (χ0v) is 5.96. The summed E-state index contributed by atoms with van der Waals surface area (Å²) in [6.45, 7) is 0. The summed E-state index contributed by atoms with van der Waals surface area (Å²) in [7, 11) is 0. The van der Waals surface area contributed by atoms with Crippen LogP contribution in [0.1, 0.15) is 16.1 Å². The molecule has 0 saturated carbocycles. The number of aromatic carboxylic acids is 1. The van der Waals surface area contributed by atoms with Crippen molar-refractivity contribution in [3.63, 3.8) is 0 Å². The molecular weight excluding hydrogens is 189 g/mol. The summed E-state index contributed by atoms with van der Waals surface area (Å²) in [6, 6.07) is 0. The van der Waals surface area contributed by atoms with Crippen molar-refractivity contribution in [2.24, 2.45) is 0 Å². The summed E-state index contributed by atoms with van der Waals surface area (Å²) in [5, 5.41) is 8.34. The summed E-state index contributed by atoms with van der Waals surface area (Å²) in [5.41, 5.74) is -2.47. The minimum Gasteiger partial charge on any atom is -0.478 e. The monoisotopic (exact) mass is 191 g/mol. The lowest BCUT2D eigenvalue weighted by Gasteiger charge is -2.06. The number of halogens is 3. The van der Waals surface area contributed by atoms with Crippen LogP contribution in [0.25, 0.3) is 0 Å². The first-order chi connectivity index (χ1) is 5.93. The van der Waals surface area contributed by atoms with Gasteiger partial charge in [-0.2, -0.15) is 13.2 Å². The van der Waals surface area contributed by atoms with Gasteiger partial charge in [0, 0.05) is 6.20 Å². The van der Waals surface area contributed by atoms with Gasteiger partial charge in [-0.05, 0) is 0 Å². The lowest BCUT2D eigenvalue weighted by atomic mass is 10.2. The minimum atomic E-state index is -4.80. The lowest BCUT2D eigenvalue weighted by Crippen LogP contribution is -2.15.